The highest BCUT2D eigenvalue weighted by molar-refractivity contribution is 6.05. The highest BCUT2D eigenvalue weighted by atomic mass is 19.4. The summed E-state index contributed by atoms with van der Waals surface area (Å²) in [5.74, 6) is 0.452. The number of furan rings is 1. The van der Waals surface area contributed by atoms with Crippen molar-refractivity contribution in [2.24, 2.45) is 0 Å². The Morgan fingerprint density at radius 1 is 1.20 bits per heavy atom. The molecule has 2 rings (SSSR count). The number of halogens is 3. The van der Waals surface area contributed by atoms with E-state index < -0.39 is 17.6 Å². The molecular weight excluding hydrogens is 339 g/mol. The Kier molecular flexibility index (Phi) is 5.73. The van der Waals surface area contributed by atoms with Crippen molar-refractivity contribution in [2.45, 2.75) is 20.0 Å². The molecule has 0 saturated heterocycles. The number of carbonyl (C=O) groups is 1. The highest BCUT2D eigenvalue weighted by Crippen LogP contribution is 2.35. The molecule has 1 heterocycles. The summed E-state index contributed by atoms with van der Waals surface area (Å²) >= 11 is 0. The largest absolute Gasteiger partial charge is 0.489 e. The van der Waals surface area contributed by atoms with Gasteiger partial charge in [0.05, 0.1) is 23.4 Å². The van der Waals surface area contributed by atoms with Crippen molar-refractivity contribution in [3.63, 3.8) is 0 Å². The first-order valence-corrected chi connectivity index (χ1v) is 7.43. The van der Waals surface area contributed by atoms with E-state index in [2.05, 4.69) is 5.32 Å². The second-order valence-electron chi connectivity index (χ2n) is 5.33. The van der Waals surface area contributed by atoms with Crippen molar-refractivity contribution in [1.29, 1.82) is 0 Å². The monoisotopic (exact) mass is 357 g/mol. The quantitative estimate of drug-likeness (QED) is 0.788. The summed E-state index contributed by atoms with van der Waals surface area (Å²) in [7, 11) is 1.48. The van der Waals surface area contributed by atoms with Crippen molar-refractivity contribution in [2.75, 3.05) is 25.6 Å². The second-order valence-corrected chi connectivity index (χ2v) is 5.33. The molecule has 25 heavy (non-hydrogen) atoms. The SMILES string of the molecule is COCCOc1ccc(C(F)(F)F)cc1NC(=O)c1cc(C)oc1C. The van der Waals surface area contributed by atoms with Gasteiger partial charge in [-0.05, 0) is 38.1 Å². The van der Waals surface area contributed by atoms with Gasteiger partial charge in [-0.1, -0.05) is 0 Å². The summed E-state index contributed by atoms with van der Waals surface area (Å²) in [5.41, 5.74) is -0.714. The lowest BCUT2D eigenvalue weighted by molar-refractivity contribution is -0.137. The molecule has 0 aliphatic rings. The predicted molar refractivity (Wildman–Crippen MR) is 85.0 cm³/mol. The molecule has 5 nitrogen and oxygen atoms in total. The molecule has 1 aromatic heterocycles. The van der Waals surface area contributed by atoms with Crippen LogP contribution >= 0.6 is 0 Å². The van der Waals surface area contributed by atoms with Crippen LogP contribution in [0.15, 0.2) is 28.7 Å². The third-order valence-corrected chi connectivity index (χ3v) is 3.39. The van der Waals surface area contributed by atoms with Crippen molar-refractivity contribution in [3.05, 3.63) is 46.9 Å². The molecular formula is C17H18F3NO4. The standard InChI is InChI=1S/C17H18F3NO4/c1-10-8-13(11(2)25-10)16(22)21-14-9-12(17(18,19)20)4-5-15(14)24-7-6-23-3/h4-5,8-9H,6-7H2,1-3H3,(H,21,22). The fourth-order valence-corrected chi connectivity index (χ4v) is 2.21. The van der Waals surface area contributed by atoms with E-state index in [0.717, 1.165) is 12.1 Å². The number of methoxy groups -OCH3 is 1. The molecule has 8 heteroatoms. The summed E-state index contributed by atoms with van der Waals surface area (Å²) in [6.45, 7) is 3.67. The van der Waals surface area contributed by atoms with Crippen molar-refractivity contribution in [1.82, 2.24) is 0 Å². The number of anilines is 1. The Hall–Kier alpha value is -2.48. The number of amides is 1. The summed E-state index contributed by atoms with van der Waals surface area (Å²) < 4.78 is 54.3. The molecule has 2 aromatic rings. The molecule has 136 valence electrons. The first-order valence-electron chi connectivity index (χ1n) is 7.43. The fourth-order valence-electron chi connectivity index (χ4n) is 2.21. The van der Waals surface area contributed by atoms with E-state index in [9.17, 15) is 18.0 Å². The Morgan fingerprint density at radius 3 is 2.48 bits per heavy atom. The number of benzene rings is 1. The number of nitrogens with one attached hydrogen (secondary N) is 1. The van der Waals surface area contributed by atoms with Gasteiger partial charge >= 0.3 is 6.18 Å². The fraction of sp³-hybridized carbons (Fsp3) is 0.353. The van der Waals surface area contributed by atoms with Gasteiger partial charge in [0.1, 0.15) is 23.9 Å². The number of alkyl halides is 3. The molecule has 0 fully saturated rings. The molecule has 1 amide bonds. The number of carbonyl (C=O) groups excluding carboxylic acids is 1. The molecule has 1 N–H and O–H groups in total. The number of aryl methyl sites for hydroxylation is 2. The maximum Gasteiger partial charge on any atom is 0.416 e. The zero-order valence-corrected chi connectivity index (χ0v) is 14.0. The number of rotatable bonds is 6. The maximum atomic E-state index is 12.9. The van der Waals surface area contributed by atoms with Crippen LogP contribution in [0.5, 0.6) is 5.75 Å². The van der Waals surface area contributed by atoms with Crippen molar-refractivity contribution >= 4 is 11.6 Å². The van der Waals surface area contributed by atoms with Gasteiger partial charge in [0.15, 0.2) is 0 Å². The van der Waals surface area contributed by atoms with Crippen LogP contribution in [0.1, 0.15) is 27.4 Å². The Balaban J connectivity index is 2.31. The van der Waals surface area contributed by atoms with E-state index in [1.54, 1.807) is 13.8 Å². The molecule has 0 radical (unpaired) electrons. The highest BCUT2D eigenvalue weighted by Gasteiger charge is 2.31. The van der Waals surface area contributed by atoms with E-state index >= 15 is 0 Å². The predicted octanol–water partition coefficient (Wildman–Crippen LogP) is 4.19. The lowest BCUT2D eigenvalue weighted by Crippen LogP contribution is -2.15. The third kappa shape index (κ3) is 4.76. The zero-order valence-electron chi connectivity index (χ0n) is 14.0. The minimum atomic E-state index is -4.54. The average molecular weight is 357 g/mol. The van der Waals surface area contributed by atoms with Gasteiger partial charge in [0.2, 0.25) is 0 Å². The molecule has 0 unspecified atom stereocenters. The lowest BCUT2D eigenvalue weighted by Gasteiger charge is -2.15. The Morgan fingerprint density at radius 2 is 1.92 bits per heavy atom. The average Bonchev–Trinajstić information content (AvgIpc) is 2.86. The molecule has 1 aromatic carbocycles. The molecule has 0 spiro atoms. The first-order chi connectivity index (χ1) is 11.7. The van der Waals surface area contributed by atoms with Crippen LogP contribution in [0.2, 0.25) is 0 Å². The Labute approximate surface area is 142 Å². The lowest BCUT2D eigenvalue weighted by atomic mass is 10.1. The molecule has 0 atom stereocenters. The van der Waals surface area contributed by atoms with Gasteiger partial charge in [-0.3, -0.25) is 4.79 Å². The van der Waals surface area contributed by atoms with Crippen molar-refractivity contribution < 1.29 is 31.9 Å². The topological polar surface area (TPSA) is 60.7 Å². The van der Waals surface area contributed by atoms with Crippen molar-refractivity contribution in [3.8, 4) is 5.75 Å². The summed E-state index contributed by atoms with van der Waals surface area (Å²) in [4.78, 5) is 12.4. The number of hydrogen-bond acceptors (Lipinski definition) is 4. The van der Waals surface area contributed by atoms with Crippen LogP contribution in [0.4, 0.5) is 18.9 Å². The first kappa shape index (κ1) is 18.9. The van der Waals surface area contributed by atoms with E-state index in [0.29, 0.717) is 11.5 Å². The smallest absolute Gasteiger partial charge is 0.416 e. The number of hydrogen-bond donors (Lipinski definition) is 1. The summed E-state index contributed by atoms with van der Waals surface area (Å²) in [6, 6.07) is 4.42. The van der Waals surface area contributed by atoms with E-state index in [1.807, 2.05) is 0 Å². The van der Waals surface area contributed by atoms with Crippen LogP contribution in [-0.2, 0) is 10.9 Å². The molecule has 0 aliphatic carbocycles. The van der Waals surface area contributed by atoms with Crippen LogP contribution in [0.3, 0.4) is 0 Å². The van der Waals surface area contributed by atoms with Gasteiger partial charge in [-0.15, -0.1) is 0 Å². The van der Waals surface area contributed by atoms with Crippen LogP contribution in [-0.4, -0.2) is 26.2 Å². The van der Waals surface area contributed by atoms with Gasteiger partial charge in [-0.2, -0.15) is 13.2 Å². The van der Waals surface area contributed by atoms with E-state index in [4.69, 9.17) is 13.9 Å². The van der Waals surface area contributed by atoms with Gasteiger partial charge in [0.25, 0.3) is 5.91 Å². The van der Waals surface area contributed by atoms with E-state index in [1.165, 1.54) is 19.2 Å². The van der Waals surface area contributed by atoms with Crippen LogP contribution < -0.4 is 10.1 Å². The van der Waals surface area contributed by atoms with Gasteiger partial charge in [-0.25, -0.2) is 0 Å². The normalized spacial score (nSPS) is 11.4. The third-order valence-electron chi connectivity index (χ3n) is 3.39. The summed E-state index contributed by atoms with van der Waals surface area (Å²) in [6.07, 6.45) is -4.54. The molecule has 0 aliphatic heterocycles. The maximum absolute atomic E-state index is 12.9. The van der Waals surface area contributed by atoms with Crippen LogP contribution in [0.25, 0.3) is 0 Å². The minimum absolute atomic E-state index is 0.0748. The Bertz CT molecular complexity index is 753. The van der Waals surface area contributed by atoms with Gasteiger partial charge in [0, 0.05) is 7.11 Å². The molecule has 0 bridgehead atoms. The minimum Gasteiger partial charge on any atom is -0.489 e. The summed E-state index contributed by atoms with van der Waals surface area (Å²) in [5, 5.41) is 2.46. The number of ether oxygens (including phenoxy) is 2. The van der Waals surface area contributed by atoms with E-state index in [-0.39, 0.29) is 30.2 Å². The van der Waals surface area contributed by atoms with Crippen LogP contribution in [0, 0.1) is 13.8 Å². The van der Waals surface area contributed by atoms with Gasteiger partial charge < -0.3 is 19.2 Å². The second kappa shape index (κ2) is 7.60. The molecule has 0 saturated carbocycles. The zero-order chi connectivity index (χ0) is 18.6.